The van der Waals surface area contributed by atoms with Crippen LogP contribution >= 0.6 is 0 Å². The van der Waals surface area contributed by atoms with Gasteiger partial charge in [-0.3, -0.25) is 9.69 Å². The molecule has 0 radical (unpaired) electrons. The van der Waals surface area contributed by atoms with E-state index in [-0.39, 0.29) is 40.5 Å². The minimum Gasteiger partial charge on any atom is -0.366 e. The Morgan fingerprint density at radius 2 is 1.60 bits per heavy atom. The molecule has 0 bridgehead atoms. The van der Waals surface area contributed by atoms with Crippen molar-refractivity contribution in [1.82, 2.24) is 35.1 Å². The Kier molecular flexibility index (Phi) is 11.2. The van der Waals surface area contributed by atoms with Crippen LogP contribution in [0.4, 0.5) is 8.78 Å². The first-order chi connectivity index (χ1) is 27.2. The summed E-state index contributed by atoms with van der Waals surface area (Å²) in [5.74, 6) is -0.906. The van der Waals surface area contributed by atoms with Gasteiger partial charge in [0.25, 0.3) is 5.92 Å². The van der Waals surface area contributed by atoms with Crippen molar-refractivity contribution < 1.29 is 13.6 Å². The van der Waals surface area contributed by atoms with Crippen LogP contribution in [0.2, 0.25) is 0 Å². The van der Waals surface area contributed by atoms with Crippen molar-refractivity contribution in [2.45, 2.75) is 105 Å². The van der Waals surface area contributed by atoms with Crippen molar-refractivity contribution in [2.75, 3.05) is 20.6 Å². The van der Waals surface area contributed by atoms with Crippen molar-refractivity contribution in [2.24, 2.45) is 17.3 Å². The molecule has 7 rings (SSSR count). The molecule has 0 saturated heterocycles. The third-order valence-electron chi connectivity index (χ3n) is 12.3. The van der Waals surface area contributed by atoms with Crippen molar-refractivity contribution in [3.63, 3.8) is 0 Å². The highest BCUT2D eigenvalue weighted by Crippen LogP contribution is 2.53. The molecule has 5 aromatic rings. The zero-order chi connectivity index (χ0) is 40.8. The summed E-state index contributed by atoms with van der Waals surface area (Å²) in [7, 11) is 4.20. The van der Waals surface area contributed by atoms with Crippen LogP contribution in [-0.2, 0) is 17.3 Å². The average Bonchev–Trinajstić information content (AvgIpc) is 3.46. The lowest BCUT2D eigenvalue weighted by Gasteiger charge is -2.35. The number of halogens is 2. The Morgan fingerprint density at radius 3 is 2.21 bits per heavy atom. The number of rotatable bonds is 17. The predicted molar refractivity (Wildman–Crippen MR) is 227 cm³/mol. The van der Waals surface area contributed by atoms with Gasteiger partial charge in [0, 0.05) is 35.4 Å². The van der Waals surface area contributed by atoms with Crippen LogP contribution in [-0.4, -0.2) is 62.3 Å². The van der Waals surface area contributed by atoms with Crippen LogP contribution in [0.25, 0.3) is 44.5 Å². The van der Waals surface area contributed by atoms with Crippen LogP contribution in [0.15, 0.2) is 73.1 Å². The molecule has 3 atom stereocenters. The standard InChI is InChI=1S/C47H59F2N7O/c1-10-13-30(11-2)44(55(8)9)45-52-38-19-16-32(24-39(38)53-45)31-14-17-34-35-18-15-33(23-37(35)47(48,49)36(34)22-31)40-25-50-41(51-40)26-56(27-46(7)20-21-46)29(6)43(28(4)5)54-42(57)12-3/h14-19,22-25,28,30,43-44H,6,10-13,20-21,26-27H2,1-5,7-9H3,(H,50,51)(H,52,53)(H,54,57)/t30-,43?,44+/m1/s1. The highest BCUT2D eigenvalue weighted by molar-refractivity contribution is 5.87. The molecule has 2 heterocycles. The van der Waals surface area contributed by atoms with E-state index >= 15 is 8.78 Å². The largest absolute Gasteiger partial charge is 0.366 e. The molecule has 0 spiro atoms. The van der Waals surface area contributed by atoms with Crippen LogP contribution in [0.3, 0.4) is 0 Å². The summed E-state index contributed by atoms with van der Waals surface area (Å²) >= 11 is 0. The topological polar surface area (TPSA) is 92.9 Å². The molecule has 8 nitrogen and oxygen atoms in total. The van der Waals surface area contributed by atoms with Gasteiger partial charge in [0.2, 0.25) is 5.91 Å². The number of nitrogens with one attached hydrogen (secondary N) is 3. The van der Waals surface area contributed by atoms with E-state index in [1.165, 1.54) is 0 Å². The number of aromatic amines is 2. The molecular weight excluding hydrogens is 717 g/mol. The van der Waals surface area contributed by atoms with Gasteiger partial charge in [0.05, 0.1) is 41.6 Å². The lowest BCUT2D eigenvalue weighted by molar-refractivity contribution is -0.121. The average molecular weight is 776 g/mol. The maximum absolute atomic E-state index is 16.5. The minimum atomic E-state index is -3.18. The number of amides is 1. The van der Waals surface area contributed by atoms with E-state index in [2.05, 4.69) is 80.4 Å². The second kappa shape index (κ2) is 15.8. The number of imidazole rings is 2. The number of alkyl halides is 2. The number of hydrogen-bond acceptors (Lipinski definition) is 5. The monoisotopic (exact) mass is 775 g/mol. The number of benzene rings is 3. The van der Waals surface area contributed by atoms with Gasteiger partial charge >= 0.3 is 0 Å². The van der Waals surface area contributed by atoms with Gasteiger partial charge in [-0.1, -0.05) is 91.3 Å². The zero-order valence-electron chi connectivity index (χ0n) is 34.9. The minimum absolute atomic E-state index is 0.00708. The quantitative estimate of drug-likeness (QED) is 0.0875. The molecule has 57 heavy (non-hydrogen) atoms. The van der Waals surface area contributed by atoms with E-state index in [1.807, 2.05) is 43.3 Å². The highest BCUT2D eigenvalue weighted by atomic mass is 19.3. The molecule has 1 saturated carbocycles. The Hall–Kier alpha value is -4.83. The summed E-state index contributed by atoms with van der Waals surface area (Å²) in [6.07, 6.45) is 7.69. The third kappa shape index (κ3) is 8.02. The van der Waals surface area contributed by atoms with Gasteiger partial charge in [-0.15, -0.1) is 0 Å². The first-order valence-corrected chi connectivity index (χ1v) is 20.8. The SMILES string of the molecule is C=C(C(NC(=O)CC)C(C)C)N(Cc1ncc(-c2ccc3c(c2)C(F)(F)c2cc(-c4ccc5nc([C@H]([C@H](CC)CCC)N(C)C)[nH]c5c4)ccc2-3)[nH]1)CC1(C)CC1. The summed E-state index contributed by atoms with van der Waals surface area (Å²) in [6, 6.07) is 16.7. The van der Waals surface area contributed by atoms with E-state index in [9.17, 15) is 4.79 Å². The summed E-state index contributed by atoms with van der Waals surface area (Å²) < 4.78 is 33.0. The molecule has 1 amide bonds. The molecule has 3 aromatic carbocycles. The second-order valence-corrected chi connectivity index (χ2v) is 17.4. The van der Waals surface area contributed by atoms with Gasteiger partial charge in [-0.05, 0) is 97.1 Å². The predicted octanol–water partition coefficient (Wildman–Crippen LogP) is 10.8. The number of hydrogen-bond donors (Lipinski definition) is 3. The molecule has 10 heteroatoms. The van der Waals surface area contributed by atoms with E-state index in [1.54, 1.807) is 24.4 Å². The van der Waals surface area contributed by atoms with Crippen LogP contribution in [0.1, 0.15) is 109 Å². The van der Waals surface area contributed by atoms with Crippen molar-refractivity contribution in [3.05, 3.63) is 95.8 Å². The fourth-order valence-corrected chi connectivity index (χ4v) is 8.73. The number of nitrogens with zero attached hydrogens (tertiary/aromatic N) is 4. The molecule has 2 aliphatic rings. The number of carbonyl (C=O) groups is 1. The Bertz CT molecular complexity index is 2260. The molecular formula is C47H59F2N7O. The number of carbonyl (C=O) groups excluding carboxylic acids is 1. The van der Waals surface area contributed by atoms with Crippen molar-refractivity contribution in [3.8, 4) is 33.5 Å². The Morgan fingerprint density at radius 1 is 0.947 bits per heavy atom. The summed E-state index contributed by atoms with van der Waals surface area (Å²) in [6.45, 7) is 18.5. The van der Waals surface area contributed by atoms with Gasteiger partial charge in [-0.2, -0.15) is 8.78 Å². The lowest BCUT2D eigenvalue weighted by Crippen LogP contribution is -2.45. The van der Waals surface area contributed by atoms with Gasteiger partial charge in [-0.25, -0.2) is 9.97 Å². The summed E-state index contributed by atoms with van der Waals surface area (Å²) in [5, 5.41) is 3.16. The molecule has 1 fully saturated rings. The number of H-pyrrole nitrogens is 2. The van der Waals surface area contributed by atoms with E-state index in [0.717, 1.165) is 72.3 Å². The molecule has 1 unspecified atom stereocenters. The Balaban J connectivity index is 1.13. The highest BCUT2D eigenvalue weighted by Gasteiger charge is 2.45. The van der Waals surface area contributed by atoms with Gasteiger partial charge in [0.15, 0.2) is 0 Å². The van der Waals surface area contributed by atoms with Crippen molar-refractivity contribution in [1.29, 1.82) is 0 Å². The smallest absolute Gasteiger partial charge is 0.299 e. The molecule has 0 aliphatic heterocycles. The maximum Gasteiger partial charge on any atom is 0.299 e. The second-order valence-electron chi connectivity index (χ2n) is 17.4. The van der Waals surface area contributed by atoms with Crippen LogP contribution < -0.4 is 5.32 Å². The fourth-order valence-electron chi connectivity index (χ4n) is 8.73. The third-order valence-corrected chi connectivity index (χ3v) is 12.3. The summed E-state index contributed by atoms with van der Waals surface area (Å²) in [5.41, 5.74) is 6.83. The maximum atomic E-state index is 16.5. The summed E-state index contributed by atoms with van der Waals surface area (Å²) in [4.78, 5) is 33.6. The first-order valence-electron chi connectivity index (χ1n) is 20.8. The zero-order valence-corrected chi connectivity index (χ0v) is 34.9. The molecule has 2 aliphatic carbocycles. The van der Waals surface area contributed by atoms with Crippen LogP contribution in [0.5, 0.6) is 0 Å². The van der Waals surface area contributed by atoms with Gasteiger partial charge < -0.3 is 20.2 Å². The van der Waals surface area contributed by atoms with E-state index in [0.29, 0.717) is 47.1 Å². The van der Waals surface area contributed by atoms with Gasteiger partial charge in [0.1, 0.15) is 11.6 Å². The fraction of sp³-hybridized carbons (Fsp3) is 0.468. The molecule has 3 N–H and O–H groups in total. The number of fused-ring (bicyclic) bond motifs is 4. The van der Waals surface area contributed by atoms with Crippen LogP contribution in [0, 0.1) is 17.3 Å². The first kappa shape index (κ1) is 40.4. The van der Waals surface area contributed by atoms with E-state index in [4.69, 9.17) is 9.97 Å². The van der Waals surface area contributed by atoms with Crippen molar-refractivity contribution >= 4 is 16.9 Å². The molecule has 302 valence electrons. The number of aromatic nitrogens is 4. The Labute approximate surface area is 336 Å². The molecule has 2 aromatic heterocycles. The lowest BCUT2D eigenvalue weighted by atomic mass is 9.91. The normalized spacial score (nSPS) is 16.7. The van der Waals surface area contributed by atoms with E-state index < -0.39 is 5.92 Å².